The highest BCUT2D eigenvalue weighted by Crippen LogP contribution is 2.31. The van der Waals surface area contributed by atoms with E-state index in [2.05, 4.69) is 5.32 Å². The van der Waals surface area contributed by atoms with Crippen molar-refractivity contribution in [3.63, 3.8) is 0 Å². The Bertz CT molecular complexity index is 566. The second-order valence-corrected chi connectivity index (χ2v) is 5.75. The maximum atomic E-state index is 12.9. The van der Waals surface area contributed by atoms with Crippen molar-refractivity contribution >= 4 is 6.03 Å². The molecule has 1 aromatic carbocycles. The predicted molar refractivity (Wildman–Crippen MR) is 81.4 cm³/mol. The molecular formula is C16H21F3N2O3. The first kappa shape index (κ1) is 18.5. The Kier molecular flexibility index (Phi) is 6.06. The van der Waals surface area contributed by atoms with Gasteiger partial charge in [-0.3, -0.25) is 0 Å². The standard InChI is InChI=1S/C16H21F3N2O3/c1-24-10-14(11-4-2-5-12(8-11)16(17,18)19)20-15(23)21-7-3-6-13(21)9-22/h2,4-5,8,13-14,22H,3,6-7,9-10H2,1H3,(H,20,23)/t13-,14?/m0/s1. The van der Waals surface area contributed by atoms with Crippen molar-refractivity contribution in [3.8, 4) is 0 Å². The van der Waals surface area contributed by atoms with Crippen LogP contribution in [0.25, 0.3) is 0 Å². The number of methoxy groups -OCH3 is 1. The van der Waals surface area contributed by atoms with Gasteiger partial charge in [0.1, 0.15) is 0 Å². The summed E-state index contributed by atoms with van der Waals surface area (Å²) in [6.07, 6.45) is -2.95. The second kappa shape index (κ2) is 7.85. The van der Waals surface area contributed by atoms with Crippen molar-refractivity contribution < 1.29 is 27.8 Å². The van der Waals surface area contributed by atoms with Gasteiger partial charge in [-0.25, -0.2) is 4.79 Å². The maximum Gasteiger partial charge on any atom is 0.416 e. The van der Waals surface area contributed by atoms with Crippen molar-refractivity contribution in [1.82, 2.24) is 10.2 Å². The predicted octanol–water partition coefficient (Wildman–Crippen LogP) is 2.56. The number of urea groups is 1. The SMILES string of the molecule is COCC(NC(=O)N1CCC[C@H]1CO)c1cccc(C(F)(F)F)c1. The molecule has 0 aromatic heterocycles. The molecule has 5 nitrogen and oxygen atoms in total. The summed E-state index contributed by atoms with van der Waals surface area (Å²) < 4.78 is 43.6. The van der Waals surface area contributed by atoms with E-state index in [1.807, 2.05) is 0 Å². The van der Waals surface area contributed by atoms with Crippen molar-refractivity contribution in [3.05, 3.63) is 35.4 Å². The molecule has 0 aliphatic carbocycles. The van der Waals surface area contributed by atoms with Crippen molar-refractivity contribution in [2.75, 3.05) is 26.9 Å². The summed E-state index contributed by atoms with van der Waals surface area (Å²) in [7, 11) is 1.42. The van der Waals surface area contributed by atoms with Crippen LogP contribution in [0.2, 0.25) is 0 Å². The molecule has 1 fully saturated rings. The minimum atomic E-state index is -4.45. The number of halogens is 3. The molecule has 0 saturated carbocycles. The normalized spacial score (nSPS) is 19.4. The number of benzene rings is 1. The number of rotatable bonds is 5. The van der Waals surface area contributed by atoms with Gasteiger partial charge in [0, 0.05) is 13.7 Å². The number of hydrogen-bond donors (Lipinski definition) is 2. The van der Waals surface area contributed by atoms with Crippen LogP contribution in [-0.4, -0.2) is 48.9 Å². The molecule has 1 aliphatic heterocycles. The van der Waals surface area contributed by atoms with Crippen molar-refractivity contribution in [2.24, 2.45) is 0 Å². The van der Waals surface area contributed by atoms with E-state index in [-0.39, 0.29) is 19.3 Å². The number of ether oxygens (including phenoxy) is 1. The molecule has 2 rings (SSSR count). The number of aliphatic hydroxyl groups excluding tert-OH is 1. The van der Waals surface area contributed by atoms with Crippen LogP contribution in [0.1, 0.15) is 30.0 Å². The van der Waals surface area contributed by atoms with Gasteiger partial charge in [-0.05, 0) is 30.5 Å². The molecule has 8 heteroatoms. The van der Waals surface area contributed by atoms with E-state index in [1.54, 1.807) is 0 Å². The molecule has 1 unspecified atom stereocenters. The van der Waals surface area contributed by atoms with Crippen molar-refractivity contribution in [2.45, 2.75) is 31.1 Å². The average Bonchev–Trinajstić information content (AvgIpc) is 3.02. The minimum Gasteiger partial charge on any atom is -0.394 e. The van der Waals surface area contributed by atoms with Gasteiger partial charge in [0.25, 0.3) is 0 Å². The molecule has 0 spiro atoms. The van der Waals surface area contributed by atoms with Crippen LogP contribution in [0.5, 0.6) is 0 Å². The average molecular weight is 346 g/mol. The van der Waals surface area contributed by atoms with Crippen molar-refractivity contribution in [1.29, 1.82) is 0 Å². The number of carbonyl (C=O) groups excluding carboxylic acids is 1. The van der Waals surface area contributed by atoms with Gasteiger partial charge in [-0.2, -0.15) is 13.2 Å². The fourth-order valence-electron chi connectivity index (χ4n) is 2.84. The Morgan fingerprint density at radius 3 is 2.88 bits per heavy atom. The van der Waals surface area contributed by atoms with E-state index < -0.39 is 23.8 Å². The van der Waals surface area contributed by atoms with Crippen LogP contribution in [0, 0.1) is 0 Å². The van der Waals surface area contributed by atoms with E-state index in [0.29, 0.717) is 18.5 Å². The highest BCUT2D eigenvalue weighted by Gasteiger charge is 2.32. The Morgan fingerprint density at radius 2 is 2.25 bits per heavy atom. The third-order valence-corrected chi connectivity index (χ3v) is 4.10. The van der Waals surface area contributed by atoms with Crippen LogP contribution in [0.4, 0.5) is 18.0 Å². The van der Waals surface area contributed by atoms with Gasteiger partial charge in [-0.15, -0.1) is 0 Å². The van der Waals surface area contributed by atoms with Crippen LogP contribution in [-0.2, 0) is 10.9 Å². The highest BCUT2D eigenvalue weighted by molar-refractivity contribution is 5.75. The number of nitrogens with zero attached hydrogens (tertiary/aromatic N) is 1. The number of amides is 2. The summed E-state index contributed by atoms with van der Waals surface area (Å²) in [5.41, 5.74) is -0.454. The van der Waals surface area contributed by atoms with Gasteiger partial charge in [0.15, 0.2) is 0 Å². The molecule has 24 heavy (non-hydrogen) atoms. The fraction of sp³-hybridized carbons (Fsp3) is 0.562. The summed E-state index contributed by atoms with van der Waals surface area (Å²) >= 11 is 0. The van der Waals surface area contributed by atoms with Gasteiger partial charge >= 0.3 is 12.2 Å². The van der Waals surface area contributed by atoms with Crippen LogP contribution >= 0.6 is 0 Å². The van der Waals surface area contributed by atoms with Gasteiger partial charge in [-0.1, -0.05) is 12.1 Å². The third-order valence-electron chi connectivity index (χ3n) is 4.10. The van der Waals surface area contributed by atoms with Crippen LogP contribution in [0.3, 0.4) is 0 Å². The van der Waals surface area contributed by atoms with E-state index in [1.165, 1.54) is 24.1 Å². The molecule has 1 aromatic rings. The first-order valence-electron chi connectivity index (χ1n) is 7.71. The Hall–Kier alpha value is -1.80. The monoisotopic (exact) mass is 346 g/mol. The lowest BCUT2D eigenvalue weighted by Gasteiger charge is -2.27. The van der Waals surface area contributed by atoms with Gasteiger partial charge in [0.05, 0.1) is 30.9 Å². The second-order valence-electron chi connectivity index (χ2n) is 5.75. The number of alkyl halides is 3. The molecular weight excluding hydrogens is 325 g/mol. The molecule has 0 radical (unpaired) electrons. The van der Waals surface area contributed by atoms with E-state index in [0.717, 1.165) is 18.6 Å². The Balaban J connectivity index is 2.16. The summed E-state index contributed by atoms with van der Waals surface area (Å²) in [6, 6.07) is 3.45. The lowest BCUT2D eigenvalue weighted by molar-refractivity contribution is -0.137. The van der Waals surface area contributed by atoms with Crippen LogP contribution < -0.4 is 5.32 Å². The maximum absolute atomic E-state index is 12.9. The highest BCUT2D eigenvalue weighted by atomic mass is 19.4. The fourth-order valence-corrected chi connectivity index (χ4v) is 2.84. The van der Waals surface area contributed by atoms with E-state index >= 15 is 0 Å². The first-order valence-corrected chi connectivity index (χ1v) is 7.71. The molecule has 1 saturated heterocycles. The minimum absolute atomic E-state index is 0.0463. The zero-order valence-electron chi connectivity index (χ0n) is 13.3. The summed E-state index contributed by atoms with van der Waals surface area (Å²) in [5, 5.41) is 12.0. The molecule has 1 heterocycles. The molecule has 2 N–H and O–H groups in total. The Morgan fingerprint density at radius 1 is 1.50 bits per heavy atom. The van der Waals surface area contributed by atoms with E-state index in [4.69, 9.17) is 4.74 Å². The third kappa shape index (κ3) is 4.39. The number of aliphatic hydroxyl groups is 1. The topological polar surface area (TPSA) is 61.8 Å². The largest absolute Gasteiger partial charge is 0.416 e. The Labute approximate surface area is 138 Å². The smallest absolute Gasteiger partial charge is 0.394 e. The van der Waals surface area contributed by atoms with Gasteiger partial charge in [0.2, 0.25) is 0 Å². The molecule has 134 valence electrons. The first-order chi connectivity index (χ1) is 11.4. The zero-order chi connectivity index (χ0) is 17.7. The summed E-state index contributed by atoms with van der Waals surface area (Å²) in [4.78, 5) is 13.9. The lowest BCUT2D eigenvalue weighted by atomic mass is 10.0. The summed E-state index contributed by atoms with van der Waals surface area (Å²) in [5.74, 6) is 0. The van der Waals surface area contributed by atoms with Gasteiger partial charge < -0.3 is 20.1 Å². The molecule has 2 atom stereocenters. The number of hydrogen-bond acceptors (Lipinski definition) is 3. The zero-order valence-corrected chi connectivity index (χ0v) is 13.3. The van der Waals surface area contributed by atoms with Crippen LogP contribution in [0.15, 0.2) is 24.3 Å². The number of likely N-dealkylation sites (tertiary alicyclic amines) is 1. The van der Waals surface area contributed by atoms with E-state index in [9.17, 15) is 23.1 Å². The lowest BCUT2D eigenvalue weighted by Crippen LogP contribution is -2.46. The molecule has 2 amide bonds. The number of carbonyl (C=O) groups is 1. The quantitative estimate of drug-likeness (QED) is 0.861. The number of nitrogens with one attached hydrogen (secondary N) is 1. The summed E-state index contributed by atoms with van der Waals surface area (Å²) in [6.45, 7) is 0.427. The molecule has 0 bridgehead atoms. The molecule has 1 aliphatic rings.